The van der Waals surface area contributed by atoms with Gasteiger partial charge in [0.05, 0.1) is 0 Å². The maximum atomic E-state index is 10.6. The molecule has 1 amide bonds. The molecule has 5 nitrogen and oxygen atoms in total. The van der Waals surface area contributed by atoms with E-state index in [0.717, 1.165) is 5.56 Å². The molecule has 5 heteroatoms. The molecule has 1 rings (SSSR count). The maximum absolute atomic E-state index is 10.6. The Morgan fingerprint density at radius 2 is 2.06 bits per heavy atom. The molecule has 1 aromatic heterocycles. The Kier molecular flexibility index (Phi) is 4.44. The molecule has 0 saturated carbocycles. The summed E-state index contributed by atoms with van der Waals surface area (Å²) in [6.07, 6.45) is 7.21. The molecule has 86 valence electrons. The summed E-state index contributed by atoms with van der Waals surface area (Å²) in [4.78, 5) is 20.8. The average molecular weight is 220 g/mol. The number of nitrogens with zero attached hydrogens (tertiary/aromatic N) is 3. The zero-order valence-electron chi connectivity index (χ0n) is 9.77. The van der Waals surface area contributed by atoms with Crippen molar-refractivity contribution >= 4 is 17.9 Å². The van der Waals surface area contributed by atoms with Crippen LogP contribution in [0.5, 0.6) is 0 Å². The normalized spacial score (nSPS) is 10.4. The fourth-order valence-corrected chi connectivity index (χ4v) is 1.05. The average Bonchev–Trinajstić information content (AvgIpc) is 2.25. The van der Waals surface area contributed by atoms with E-state index in [9.17, 15) is 4.79 Å². The van der Waals surface area contributed by atoms with Gasteiger partial charge in [-0.1, -0.05) is 12.2 Å². The second kappa shape index (κ2) is 5.85. The fourth-order valence-electron chi connectivity index (χ4n) is 1.05. The van der Waals surface area contributed by atoms with E-state index < -0.39 is 0 Å². The van der Waals surface area contributed by atoms with Crippen LogP contribution in [-0.4, -0.2) is 36.5 Å². The molecule has 1 N–H and O–H groups in total. The number of rotatable bonds is 4. The van der Waals surface area contributed by atoms with Gasteiger partial charge in [-0.2, -0.15) is 0 Å². The predicted molar refractivity (Wildman–Crippen MR) is 64.1 cm³/mol. The standard InChI is InChI=1S/C11H16N4O/c1-9(16)12-6-4-5-10-7-13-11(14-8-10)15(2)3/h4-5,7-8H,6H2,1-3H3,(H,12,16). The van der Waals surface area contributed by atoms with E-state index in [0.29, 0.717) is 12.5 Å². The van der Waals surface area contributed by atoms with Crippen LogP contribution in [0, 0.1) is 0 Å². The molecule has 1 aromatic rings. The Morgan fingerprint density at radius 1 is 1.44 bits per heavy atom. The highest BCUT2D eigenvalue weighted by Crippen LogP contribution is 2.03. The van der Waals surface area contributed by atoms with Crippen molar-refractivity contribution < 1.29 is 4.79 Å². The molecule has 0 aliphatic heterocycles. The minimum Gasteiger partial charge on any atom is -0.353 e. The first-order chi connectivity index (χ1) is 7.59. The van der Waals surface area contributed by atoms with E-state index in [1.807, 2.05) is 31.1 Å². The lowest BCUT2D eigenvalue weighted by molar-refractivity contribution is -0.118. The molecule has 0 aliphatic carbocycles. The van der Waals surface area contributed by atoms with E-state index in [4.69, 9.17) is 0 Å². The van der Waals surface area contributed by atoms with Crippen LogP contribution in [-0.2, 0) is 4.79 Å². The van der Waals surface area contributed by atoms with Crippen LogP contribution in [0.25, 0.3) is 6.08 Å². The quantitative estimate of drug-likeness (QED) is 0.811. The van der Waals surface area contributed by atoms with E-state index in [2.05, 4.69) is 15.3 Å². The highest BCUT2D eigenvalue weighted by molar-refractivity contribution is 5.73. The second-order valence-corrected chi connectivity index (χ2v) is 3.55. The van der Waals surface area contributed by atoms with Crippen LogP contribution in [0.1, 0.15) is 12.5 Å². The molecule has 0 aromatic carbocycles. The molecule has 0 aliphatic rings. The molecule has 16 heavy (non-hydrogen) atoms. The van der Waals surface area contributed by atoms with Crippen molar-refractivity contribution in [3.63, 3.8) is 0 Å². The van der Waals surface area contributed by atoms with Crippen molar-refractivity contribution in [3.8, 4) is 0 Å². The number of hydrogen-bond donors (Lipinski definition) is 1. The van der Waals surface area contributed by atoms with Gasteiger partial charge in [0.2, 0.25) is 11.9 Å². The lowest BCUT2D eigenvalue weighted by atomic mass is 10.3. The van der Waals surface area contributed by atoms with Crippen molar-refractivity contribution in [2.45, 2.75) is 6.92 Å². The van der Waals surface area contributed by atoms with Crippen LogP contribution in [0.4, 0.5) is 5.95 Å². The van der Waals surface area contributed by atoms with Crippen molar-refractivity contribution in [1.82, 2.24) is 15.3 Å². The number of carbonyl (C=O) groups excluding carboxylic acids is 1. The minimum atomic E-state index is -0.0381. The van der Waals surface area contributed by atoms with Gasteiger partial charge >= 0.3 is 0 Å². The van der Waals surface area contributed by atoms with Gasteiger partial charge in [-0.05, 0) is 0 Å². The number of anilines is 1. The summed E-state index contributed by atoms with van der Waals surface area (Å²) in [6, 6.07) is 0. The first-order valence-corrected chi connectivity index (χ1v) is 5.00. The summed E-state index contributed by atoms with van der Waals surface area (Å²) < 4.78 is 0. The van der Waals surface area contributed by atoms with Crippen LogP contribution < -0.4 is 10.2 Å². The van der Waals surface area contributed by atoms with E-state index in [-0.39, 0.29) is 5.91 Å². The van der Waals surface area contributed by atoms with E-state index in [1.54, 1.807) is 12.4 Å². The number of carbonyl (C=O) groups is 1. The molecular formula is C11H16N4O. The Morgan fingerprint density at radius 3 is 2.56 bits per heavy atom. The molecule has 0 atom stereocenters. The predicted octanol–water partition coefficient (Wildman–Crippen LogP) is 0.692. The van der Waals surface area contributed by atoms with Crippen LogP contribution in [0.2, 0.25) is 0 Å². The van der Waals surface area contributed by atoms with Gasteiger partial charge < -0.3 is 10.2 Å². The third kappa shape index (κ3) is 4.08. The molecule has 0 unspecified atom stereocenters. The van der Waals surface area contributed by atoms with Gasteiger partial charge in [0.25, 0.3) is 0 Å². The zero-order chi connectivity index (χ0) is 12.0. The van der Waals surface area contributed by atoms with Crippen molar-refractivity contribution in [1.29, 1.82) is 0 Å². The third-order valence-electron chi connectivity index (χ3n) is 1.84. The van der Waals surface area contributed by atoms with Gasteiger partial charge in [0.15, 0.2) is 0 Å². The highest BCUT2D eigenvalue weighted by atomic mass is 16.1. The summed E-state index contributed by atoms with van der Waals surface area (Å²) in [5.74, 6) is 0.642. The number of aromatic nitrogens is 2. The number of nitrogens with one attached hydrogen (secondary N) is 1. The molecule has 1 heterocycles. The smallest absolute Gasteiger partial charge is 0.224 e. The third-order valence-corrected chi connectivity index (χ3v) is 1.84. The topological polar surface area (TPSA) is 58.1 Å². The SMILES string of the molecule is CC(=O)NCC=Cc1cnc(N(C)C)nc1. The van der Waals surface area contributed by atoms with Crippen LogP contribution >= 0.6 is 0 Å². The highest BCUT2D eigenvalue weighted by Gasteiger charge is 1.96. The Hall–Kier alpha value is -1.91. The number of amides is 1. The Labute approximate surface area is 95.2 Å². The summed E-state index contributed by atoms with van der Waals surface area (Å²) in [5, 5.41) is 2.67. The molecule has 0 radical (unpaired) electrons. The number of hydrogen-bond acceptors (Lipinski definition) is 4. The lowest BCUT2D eigenvalue weighted by Gasteiger charge is -2.08. The van der Waals surface area contributed by atoms with E-state index >= 15 is 0 Å². The molecule has 0 bridgehead atoms. The second-order valence-electron chi connectivity index (χ2n) is 3.55. The van der Waals surface area contributed by atoms with Gasteiger partial charge in [-0.15, -0.1) is 0 Å². The largest absolute Gasteiger partial charge is 0.353 e. The maximum Gasteiger partial charge on any atom is 0.224 e. The first kappa shape index (κ1) is 12.2. The Balaban J connectivity index is 2.51. The summed E-state index contributed by atoms with van der Waals surface area (Å²) >= 11 is 0. The van der Waals surface area contributed by atoms with Crippen LogP contribution in [0.15, 0.2) is 18.5 Å². The zero-order valence-corrected chi connectivity index (χ0v) is 9.77. The minimum absolute atomic E-state index is 0.0381. The molecule has 0 spiro atoms. The van der Waals surface area contributed by atoms with Gasteiger partial charge in [0.1, 0.15) is 0 Å². The summed E-state index contributed by atoms with van der Waals surface area (Å²) in [6.45, 7) is 2.01. The van der Waals surface area contributed by atoms with Crippen molar-refractivity contribution in [2.75, 3.05) is 25.5 Å². The molecule has 0 fully saturated rings. The fraction of sp³-hybridized carbons (Fsp3) is 0.364. The lowest BCUT2D eigenvalue weighted by Crippen LogP contribution is -2.19. The van der Waals surface area contributed by atoms with Gasteiger partial charge in [0, 0.05) is 45.5 Å². The van der Waals surface area contributed by atoms with Gasteiger partial charge in [-0.25, -0.2) is 9.97 Å². The Bertz CT molecular complexity index is 370. The first-order valence-electron chi connectivity index (χ1n) is 5.00. The summed E-state index contributed by atoms with van der Waals surface area (Å²) in [5.41, 5.74) is 0.913. The summed E-state index contributed by atoms with van der Waals surface area (Å²) in [7, 11) is 3.78. The van der Waals surface area contributed by atoms with E-state index in [1.165, 1.54) is 6.92 Å². The molecule has 0 saturated heterocycles. The monoisotopic (exact) mass is 220 g/mol. The van der Waals surface area contributed by atoms with Crippen molar-refractivity contribution in [2.24, 2.45) is 0 Å². The van der Waals surface area contributed by atoms with Crippen LogP contribution in [0.3, 0.4) is 0 Å². The van der Waals surface area contributed by atoms with Gasteiger partial charge in [-0.3, -0.25) is 4.79 Å². The van der Waals surface area contributed by atoms with Crippen molar-refractivity contribution in [3.05, 3.63) is 24.0 Å². The molecular weight excluding hydrogens is 204 g/mol.